The average Bonchev–Trinajstić information content (AvgIpc) is 2.69. The third kappa shape index (κ3) is 4.94. The molecule has 0 aliphatic carbocycles. The van der Waals surface area contributed by atoms with Crippen molar-refractivity contribution < 1.29 is 14.3 Å². The molecule has 3 aromatic rings. The highest BCUT2D eigenvalue weighted by Crippen LogP contribution is 2.24. The molecule has 0 unspecified atom stereocenters. The minimum absolute atomic E-state index is 0.268. The zero-order valence-corrected chi connectivity index (χ0v) is 17.2. The summed E-state index contributed by atoms with van der Waals surface area (Å²) in [4.78, 5) is 21.5. The van der Waals surface area contributed by atoms with Crippen molar-refractivity contribution in [1.82, 2.24) is 9.97 Å². The van der Waals surface area contributed by atoms with Crippen LogP contribution < -0.4 is 10.1 Å². The van der Waals surface area contributed by atoms with E-state index in [0.717, 1.165) is 15.7 Å². The number of amides is 1. The molecule has 0 aliphatic heterocycles. The van der Waals surface area contributed by atoms with E-state index in [1.807, 2.05) is 37.3 Å². The van der Waals surface area contributed by atoms with E-state index in [9.17, 15) is 4.79 Å². The fourth-order valence-electron chi connectivity index (χ4n) is 2.62. The zero-order valence-electron chi connectivity index (χ0n) is 15.6. The molecule has 0 radical (unpaired) electrons. The fraction of sp³-hybridized carbons (Fsp3) is 0.190. The van der Waals surface area contributed by atoms with E-state index in [2.05, 4.69) is 31.2 Å². The van der Waals surface area contributed by atoms with E-state index in [1.165, 1.54) is 0 Å². The van der Waals surface area contributed by atoms with Crippen molar-refractivity contribution in [2.45, 2.75) is 6.92 Å². The number of hydrogen-bond donors (Lipinski definition) is 1. The van der Waals surface area contributed by atoms with Gasteiger partial charge in [0.2, 0.25) is 5.88 Å². The number of carbonyl (C=O) groups is 1. The first-order valence-electron chi connectivity index (χ1n) is 8.70. The van der Waals surface area contributed by atoms with Crippen molar-refractivity contribution in [3.63, 3.8) is 0 Å². The molecule has 1 amide bonds. The molecule has 3 rings (SSSR count). The van der Waals surface area contributed by atoms with E-state index < -0.39 is 0 Å². The lowest BCUT2D eigenvalue weighted by molar-refractivity contribution is 0.102. The summed E-state index contributed by atoms with van der Waals surface area (Å²) in [7, 11) is 1.60. The van der Waals surface area contributed by atoms with Gasteiger partial charge in [-0.1, -0.05) is 28.1 Å². The number of halogens is 1. The largest absolute Gasteiger partial charge is 0.474 e. The Bertz CT molecular complexity index is 979. The number of benzene rings is 1. The second-order valence-corrected chi connectivity index (χ2v) is 6.91. The van der Waals surface area contributed by atoms with Gasteiger partial charge in [0.1, 0.15) is 12.3 Å². The maximum absolute atomic E-state index is 12.8. The third-order valence-corrected chi connectivity index (χ3v) is 4.49. The molecule has 0 spiro atoms. The Labute approximate surface area is 172 Å². The molecule has 0 atom stereocenters. The molecule has 2 aromatic heterocycles. The third-order valence-electron chi connectivity index (χ3n) is 4.00. The van der Waals surface area contributed by atoms with Crippen LogP contribution in [0.15, 0.2) is 59.2 Å². The summed E-state index contributed by atoms with van der Waals surface area (Å²) in [5, 5.41) is 2.85. The summed E-state index contributed by atoms with van der Waals surface area (Å²) >= 11 is 3.46. The molecular weight excluding hydrogens is 422 g/mol. The van der Waals surface area contributed by atoms with Crippen LogP contribution in [0.1, 0.15) is 16.1 Å². The van der Waals surface area contributed by atoms with Gasteiger partial charge in [-0.25, -0.2) is 4.98 Å². The highest BCUT2D eigenvalue weighted by molar-refractivity contribution is 9.10. The maximum Gasteiger partial charge on any atom is 0.257 e. The SMILES string of the molecule is COCCOc1ncccc1NC(=O)c1ccc(-c2cccc(Br)c2)nc1C. The number of methoxy groups -OCH3 is 1. The van der Waals surface area contributed by atoms with Crippen molar-refractivity contribution in [2.24, 2.45) is 0 Å². The number of rotatable bonds is 7. The Morgan fingerprint density at radius 2 is 2.00 bits per heavy atom. The normalized spacial score (nSPS) is 10.5. The smallest absolute Gasteiger partial charge is 0.257 e. The molecule has 6 nitrogen and oxygen atoms in total. The van der Waals surface area contributed by atoms with Crippen LogP contribution in [0.4, 0.5) is 5.69 Å². The summed E-state index contributed by atoms with van der Waals surface area (Å²) in [6, 6.07) is 15.0. The van der Waals surface area contributed by atoms with Gasteiger partial charge in [0.05, 0.1) is 23.6 Å². The van der Waals surface area contributed by atoms with Crippen LogP contribution in [-0.4, -0.2) is 36.2 Å². The summed E-state index contributed by atoms with van der Waals surface area (Å²) in [6.07, 6.45) is 1.61. The number of aryl methyl sites for hydroxylation is 1. The number of ether oxygens (including phenoxy) is 2. The van der Waals surface area contributed by atoms with E-state index in [-0.39, 0.29) is 5.91 Å². The Balaban J connectivity index is 1.78. The molecule has 2 heterocycles. The predicted octanol–water partition coefficient (Wildman–Crippen LogP) is 4.49. The van der Waals surface area contributed by atoms with Gasteiger partial charge in [0.25, 0.3) is 5.91 Å². The Kier molecular flexibility index (Phi) is 6.73. The Hall–Kier alpha value is -2.77. The zero-order chi connectivity index (χ0) is 19.9. The van der Waals surface area contributed by atoms with E-state index >= 15 is 0 Å². The van der Waals surface area contributed by atoms with Gasteiger partial charge in [-0.15, -0.1) is 0 Å². The number of nitrogens with one attached hydrogen (secondary N) is 1. The first kappa shape index (κ1) is 20.0. The van der Waals surface area contributed by atoms with E-state index in [4.69, 9.17) is 9.47 Å². The molecule has 0 fully saturated rings. The van der Waals surface area contributed by atoms with Gasteiger partial charge in [0, 0.05) is 23.3 Å². The number of aromatic nitrogens is 2. The molecular formula is C21H20BrN3O3. The Morgan fingerprint density at radius 1 is 1.14 bits per heavy atom. The molecule has 144 valence electrons. The monoisotopic (exact) mass is 441 g/mol. The van der Waals surface area contributed by atoms with Crippen molar-refractivity contribution in [1.29, 1.82) is 0 Å². The van der Waals surface area contributed by atoms with Crippen molar-refractivity contribution in [2.75, 3.05) is 25.6 Å². The minimum atomic E-state index is -0.268. The summed E-state index contributed by atoms with van der Waals surface area (Å²) < 4.78 is 11.5. The van der Waals surface area contributed by atoms with Crippen LogP contribution in [0.3, 0.4) is 0 Å². The first-order chi connectivity index (χ1) is 13.6. The standard InChI is InChI=1S/C21H20BrN3O3/c1-14-17(8-9-18(24-14)15-5-3-6-16(22)13-15)20(26)25-19-7-4-10-23-21(19)28-12-11-27-2/h3-10,13H,11-12H2,1-2H3,(H,25,26). The van der Waals surface area contributed by atoms with Gasteiger partial charge in [-0.2, -0.15) is 0 Å². The van der Waals surface area contributed by atoms with Gasteiger partial charge >= 0.3 is 0 Å². The lowest BCUT2D eigenvalue weighted by atomic mass is 10.1. The molecule has 7 heteroatoms. The lowest BCUT2D eigenvalue weighted by Crippen LogP contribution is -2.16. The van der Waals surface area contributed by atoms with Gasteiger partial charge < -0.3 is 14.8 Å². The van der Waals surface area contributed by atoms with Crippen molar-refractivity contribution >= 4 is 27.5 Å². The topological polar surface area (TPSA) is 73.3 Å². The number of anilines is 1. The number of hydrogen-bond acceptors (Lipinski definition) is 5. The van der Waals surface area contributed by atoms with Gasteiger partial charge in [0.15, 0.2) is 0 Å². The molecule has 0 bridgehead atoms. The van der Waals surface area contributed by atoms with Crippen molar-refractivity contribution in [3.8, 4) is 17.1 Å². The van der Waals surface area contributed by atoms with Gasteiger partial charge in [-0.3, -0.25) is 9.78 Å². The van der Waals surface area contributed by atoms with Crippen LogP contribution in [-0.2, 0) is 4.74 Å². The van der Waals surface area contributed by atoms with Crippen LogP contribution >= 0.6 is 15.9 Å². The van der Waals surface area contributed by atoms with Crippen LogP contribution in [0.25, 0.3) is 11.3 Å². The molecule has 0 saturated heterocycles. The minimum Gasteiger partial charge on any atom is -0.474 e. The first-order valence-corrected chi connectivity index (χ1v) is 9.49. The molecule has 1 aromatic carbocycles. The quantitative estimate of drug-likeness (QED) is 0.546. The lowest BCUT2D eigenvalue weighted by Gasteiger charge is -2.12. The second-order valence-electron chi connectivity index (χ2n) is 5.99. The molecule has 28 heavy (non-hydrogen) atoms. The summed E-state index contributed by atoms with van der Waals surface area (Å²) in [5.41, 5.74) is 3.41. The van der Waals surface area contributed by atoms with E-state index in [1.54, 1.807) is 31.5 Å². The van der Waals surface area contributed by atoms with Gasteiger partial charge in [-0.05, 0) is 43.3 Å². The summed E-state index contributed by atoms with van der Waals surface area (Å²) in [6.45, 7) is 2.60. The highest BCUT2D eigenvalue weighted by atomic mass is 79.9. The molecule has 1 N–H and O–H groups in total. The van der Waals surface area contributed by atoms with Crippen LogP contribution in [0, 0.1) is 6.92 Å². The maximum atomic E-state index is 12.8. The van der Waals surface area contributed by atoms with Crippen LogP contribution in [0.2, 0.25) is 0 Å². The van der Waals surface area contributed by atoms with Crippen molar-refractivity contribution in [3.05, 3.63) is 70.5 Å². The highest BCUT2D eigenvalue weighted by Gasteiger charge is 2.14. The number of carbonyl (C=O) groups excluding carboxylic acids is 1. The number of pyridine rings is 2. The number of nitrogens with zero attached hydrogens (tertiary/aromatic N) is 2. The van der Waals surface area contributed by atoms with E-state index in [0.29, 0.717) is 36.0 Å². The Morgan fingerprint density at radius 3 is 2.75 bits per heavy atom. The summed E-state index contributed by atoms with van der Waals surface area (Å²) in [5.74, 6) is 0.0830. The molecule has 0 saturated carbocycles. The van der Waals surface area contributed by atoms with Crippen LogP contribution in [0.5, 0.6) is 5.88 Å². The average molecular weight is 442 g/mol. The fourth-order valence-corrected chi connectivity index (χ4v) is 3.02. The predicted molar refractivity (Wildman–Crippen MR) is 112 cm³/mol. The molecule has 0 aliphatic rings. The second kappa shape index (κ2) is 9.43.